The molecule has 0 saturated carbocycles. The number of carbonyl (C=O) groups is 2. The molecular weight excluding hydrogens is 324 g/mol. The van der Waals surface area contributed by atoms with Crippen LogP contribution in [0, 0.1) is 0 Å². The van der Waals surface area contributed by atoms with Crippen LogP contribution in [0.5, 0.6) is 0 Å². The third kappa shape index (κ3) is 5.19. The highest BCUT2D eigenvalue weighted by atomic mass is 16.2. The van der Waals surface area contributed by atoms with Crippen LogP contribution in [0.25, 0.3) is 0 Å². The normalized spacial score (nSPS) is 10.4. The molecule has 0 heterocycles. The quantitative estimate of drug-likeness (QED) is 0.719. The van der Waals surface area contributed by atoms with Gasteiger partial charge in [0.1, 0.15) is 0 Å². The minimum atomic E-state index is -0.0372. The number of benzene rings is 2. The van der Waals surface area contributed by atoms with E-state index < -0.39 is 0 Å². The highest BCUT2D eigenvalue weighted by Gasteiger charge is 2.18. The van der Waals surface area contributed by atoms with Crippen molar-refractivity contribution in [3.05, 3.63) is 65.7 Å². The van der Waals surface area contributed by atoms with Crippen LogP contribution in [-0.2, 0) is 22.6 Å². The largest absolute Gasteiger partial charge is 0.339 e. The highest BCUT2D eigenvalue weighted by molar-refractivity contribution is 5.93. The van der Waals surface area contributed by atoms with Crippen LogP contribution in [0.3, 0.4) is 0 Å². The van der Waals surface area contributed by atoms with Gasteiger partial charge in [-0.3, -0.25) is 9.59 Å². The van der Waals surface area contributed by atoms with Gasteiger partial charge in [-0.15, -0.1) is 0 Å². The number of carbonyl (C=O) groups excluding carboxylic acids is 2. The van der Waals surface area contributed by atoms with Gasteiger partial charge in [-0.2, -0.15) is 0 Å². The molecule has 0 aliphatic rings. The summed E-state index contributed by atoms with van der Waals surface area (Å²) in [5.74, 6) is 0.0291. The molecule has 0 fully saturated rings. The molecule has 138 valence electrons. The molecule has 26 heavy (non-hydrogen) atoms. The summed E-state index contributed by atoms with van der Waals surface area (Å²) in [5.41, 5.74) is 3.13. The van der Waals surface area contributed by atoms with E-state index in [4.69, 9.17) is 0 Å². The summed E-state index contributed by atoms with van der Waals surface area (Å²) >= 11 is 0. The lowest BCUT2D eigenvalue weighted by Gasteiger charge is -2.26. The standard InChI is InChI=1S/C22H28N2O2/c1-4-20-13-9-10-14-21(20)24(18(3)25)16-15-22(26)23(5-2)17-19-11-7-6-8-12-19/h6-14H,4-5,15-17H2,1-3H3. The molecule has 2 amide bonds. The van der Waals surface area contributed by atoms with Crippen molar-refractivity contribution in [2.45, 2.75) is 40.2 Å². The molecule has 0 aliphatic heterocycles. The number of nitrogens with zero attached hydrogens (tertiary/aromatic N) is 2. The van der Waals surface area contributed by atoms with Gasteiger partial charge in [0.15, 0.2) is 0 Å². The smallest absolute Gasteiger partial charge is 0.224 e. The first kappa shape index (κ1) is 19.7. The number of anilines is 1. The second-order valence-corrected chi connectivity index (χ2v) is 6.30. The van der Waals surface area contributed by atoms with E-state index in [9.17, 15) is 9.59 Å². The second-order valence-electron chi connectivity index (χ2n) is 6.30. The molecule has 0 spiro atoms. The van der Waals surface area contributed by atoms with Crippen molar-refractivity contribution in [2.24, 2.45) is 0 Å². The van der Waals surface area contributed by atoms with Crippen molar-refractivity contribution in [3.63, 3.8) is 0 Å². The number of hydrogen-bond acceptors (Lipinski definition) is 2. The Balaban J connectivity index is 2.05. The summed E-state index contributed by atoms with van der Waals surface area (Å²) in [6.45, 7) is 7.26. The van der Waals surface area contributed by atoms with Crippen LogP contribution in [-0.4, -0.2) is 29.8 Å². The first-order valence-electron chi connectivity index (χ1n) is 9.24. The SMILES string of the molecule is CCc1ccccc1N(CCC(=O)N(CC)Cc1ccccc1)C(C)=O. The summed E-state index contributed by atoms with van der Waals surface area (Å²) in [4.78, 5) is 28.4. The Morgan fingerprint density at radius 1 is 0.923 bits per heavy atom. The molecule has 2 rings (SSSR count). The fourth-order valence-corrected chi connectivity index (χ4v) is 3.07. The van der Waals surface area contributed by atoms with Gasteiger partial charge in [0.25, 0.3) is 0 Å². The van der Waals surface area contributed by atoms with Gasteiger partial charge in [-0.1, -0.05) is 55.5 Å². The zero-order valence-corrected chi connectivity index (χ0v) is 15.9. The molecule has 0 saturated heterocycles. The van der Waals surface area contributed by atoms with Gasteiger partial charge in [0.2, 0.25) is 11.8 Å². The molecule has 0 bridgehead atoms. The summed E-state index contributed by atoms with van der Waals surface area (Å²) < 4.78 is 0. The summed E-state index contributed by atoms with van der Waals surface area (Å²) in [7, 11) is 0. The average molecular weight is 352 g/mol. The second kappa shape index (κ2) is 9.76. The molecule has 4 nitrogen and oxygen atoms in total. The maximum absolute atomic E-state index is 12.7. The number of para-hydroxylation sites is 1. The van der Waals surface area contributed by atoms with Crippen LogP contribution in [0.4, 0.5) is 5.69 Å². The Morgan fingerprint density at radius 2 is 1.58 bits per heavy atom. The Hall–Kier alpha value is -2.62. The van der Waals surface area contributed by atoms with Gasteiger partial charge in [-0.05, 0) is 30.5 Å². The molecule has 0 atom stereocenters. The summed E-state index contributed by atoms with van der Waals surface area (Å²) in [5, 5.41) is 0. The molecule has 4 heteroatoms. The number of amides is 2. The summed E-state index contributed by atoms with van der Waals surface area (Å²) in [6, 6.07) is 17.9. The molecule has 2 aromatic rings. The zero-order chi connectivity index (χ0) is 18.9. The third-order valence-corrected chi connectivity index (χ3v) is 4.54. The molecule has 0 radical (unpaired) electrons. The Morgan fingerprint density at radius 3 is 2.19 bits per heavy atom. The predicted molar refractivity (Wildman–Crippen MR) is 106 cm³/mol. The monoisotopic (exact) mass is 352 g/mol. The Labute approximate surface area is 156 Å². The van der Waals surface area contributed by atoms with Crippen LogP contribution in [0.1, 0.15) is 38.3 Å². The lowest BCUT2D eigenvalue weighted by atomic mass is 10.1. The van der Waals surface area contributed by atoms with E-state index in [0.717, 1.165) is 23.2 Å². The van der Waals surface area contributed by atoms with Gasteiger partial charge in [0, 0.05) is 38.7 Å². The van der Waals surface area contributed by atoms with Crippen molar-refractivity contribution >= 4 is 17.5 Å². The van der Waals surface area contributed by atoms with Crippen molar-refractivity contribution in [3.8, 4) is 0 Å². The zero-order valence-electron chi connectivity index (χ0n) is 15.9. The van der Waals surface area contributed by atoms with E-state index in [2.05, 4.69) is 6.92 Å². The van der Waals surface area contributed by atoms with Crippen molar-refractivity contribution < 1.29 is 9.59 Å². The van der Waals surface area contributed by atoms with Crippen LogP contribution in [0.15, 0.2) is 54.6 Å². The minimum Gasteiger partial charge on any atom is -0.339 e. The molecule has 0 N–H and O–H groups in total. The average Bonchev–Trinajstić information content (AvgIpc) is 2.67. The molecule has 2 aromatic carbocycles. The van der Waals surface area contributed by atoms with E-state index >= 15 is 0 Å². The first-order chi connectivity index (χ1) is 12.6. The minimum absolute atomic E-state index is 0.0372. The first-order valence-corrected chi connectivity index (χ1v) is 9.24. The van der Waals surface area contributed by atoms with Crippen LogP contribution < -0.4 is 4.90 Å². The Kier molecular flexibility index (Phi) is 7.39. The molecular formula is C22H28N2O2. The number of rotatable bonds is 8. The van der Waals surface area contributed by atoms with E-state index in [1.165, 1.54) is 0 Å². The number of aryl methyl sites for hydroxylation is 1. The van der Waals surface area contributed by atoms with Gasteiger partial charge >= 0.3 is 0 Å². The van der Waals surface area contributed by atoms with Crippen molar-refractivity contribution in [2.75, 3.05) is 18.0 Å². The molecule has 0 aliphatic carbocycles. The molecule has 0 unspecified atom stereocenters. The van der Waals surface area contributed by atoms with E-state index in [0.29, 0.717) is 26.1 Å². The maximum atomic E-state index is 12.7. The Bertz CT molecular complexity index is 728. The predicted octanol–water partition coefficient (Wildman–Crippen LogP) is 4.04. The summed E-state index contributed by atoms with van der Waals surface area (Å²) in [6.07, 6.45) is 1.17. The fraction of sp³-hybridized carbons (Fsp3) is 0.364. The van der Waals surface area contributed by atoms with E-state index in [-0.39, 0.29) is 11.8 Å². The topological polar surface area (TPSA) is 40.6 Å². The lowest BCUT2D eigenvalue weighted by Crippen LogP contribution is -2.36. The van der Waals surface area contributed by atoms with E-state index in [1.807, 2.05) is 66.4 Å². The lowest BCUT2D eigenvalue weighted by molar-refractivity contribution is -0.131. The fourth-order valence-electron chi connectivity index (χ4n) is 3.07. The third-order valence-electron chi connectivity index (χ3n) is 4.54. The number of hydrogen-bond donors (Lipinski definition) is 0. The van der Waals surface area contributed by atoms with E-state index in [1.54, 1.807) is 11.8 Å². The van der Waals surface area contributed by atoms with Crippen molar-refractivity contribution in [1.82, 2.24) is 4.90 Å². The van der Waals surface area contributed by atoms with Gasteiger partial charge in [0.05, 0.1) is 0 Å². The van der Waals surface area contributed by atoms with Crippen molar-refractivity contribution in [1.29, 1.82) is 0 Å². The van der Waals surface area contributed by atoms with Gasteiger partial charge < -0.3 is 9.80 Å². The van der Waals surface area contributed by atoms with Crippen LogP contribution >= 0.6 is 0 Å². The van der Waals surface area contributed by atoms with Crippen LogP contribution in [0.2, 0.25) is 0 Å². The maximum Gasteiger partial charge on any atom is 0.224 e. The highest BCUT2D eigenvalue weighted by Crippen LogP contribution is 2.21. The van der Waals surface area contributed by atoms with Gasteiger partial charge in [-0.25, -0.2) is 0 Å². The molecule has 0 aromatic heterocycles.